The Kier molecular flexibility index (Phi) is 12.3. The van der Waals surface area contributed by atoms with E-state index in [4.69, 9.17) is 4.74 Å². The fourth-order valence-corrected chi connectivity index (χ4v) is 2.56. The first-order chi connectivity index (χ1) is 11.4. The van der Waals surface area contributed by atoms with Gasteiger partial charge in [-0.25, -0.2) is 4.98 Å². The quantitative estimate of drug-likeness (QED) is 0.239. The summed E-state index contributed by atoms with van der Waals surface area (Å²) in [5, 5.41) is 7.46. The number of aliphatic imine (C=N–C) groups is 1. The molecule has 0 saturated heterocycles. The van der Waals surface area contributed by atoms with Crippen molar-refractivity contribution in [2.75, 3.05) is 47.4 Å². The van der Waals surface area contributed by atoms with Gasteiger partial charge in [0.25, 0.3) is 0 Å². The molecule has 0 unspecified atom stereocenters. The predicted octanol–water partition coefficient (Wildman–Crippen LogP) is 2.41. The minimum atomic E-state index is -4.40. The molecule has 0 aliphatic rings. The highest BCUT2D eigenvalue weighted by atomic mass is 127. The van der Waals surface area contributed by atoms with Gasteiger partial charge in [-0.1, -0.05) is 0 Å². The van der Waals surface area contributed by atoms with Crippen LogP contribution in [0.3, 0.4) is 0 Å². The summed E-state index contributed by atoms with van der Waals surface area (Å²) in [6.45, 7) is 3.39. The van der Waals surface area contributed by atoms with Crippen LogP contribution in [0.25, 0.3) is 0 Å². The van der Waals surface area contributed by atoms with Crippen LogP contribution in [0.1, 0.15) is 17.1 Å². The normalized spacial score (nSPS) is 12.2. The van der Waals surface area contributed by atoms with E-state index in [1.165, 1.54) is 0 Å². The topological polar surface area (TPSA) is 61.8 Å². The van der Waals surface area contributed by atoms with Crippen LogP contribution in [0.15, 0.2) is 10.4 Å². The van der Waals surface area contributed by atoms with Gasteiger partial charge in [-0.15, -0.1) is 35.3 Å². The van der Waals surface area contributed by atoms with E-state index in [1.54, 1.807) is 14.2 Å². The Hall–Kier alpha value is -0.660. The highest BCUT2D eigenvalue weighted by molar-refractivity contribution is 14.0. The Morgan fingerprint density at radius 3 is 2.64 bits per heavy atom. The van der Waals surface area contributed by atoms with Crippen molar-refractivity contribution < 1.29 is 17.9 Å². The zero-order valence-electron chi connectivity index (χ0n) is 14.5. The maximum atomic E-state index is 12.5. The van der Waals surface area contributed by atoms with Crippen molar-refractivity contribution in [1.29, 1.82) is 0 Å². The molecule has 0 spiro atoms. The zero-order valence-corrected chi connectivity index (χ0v) is 17.7. The first-order valence-corrected chi connectivity index (χ1v) is 8.38. The number of nitrogens with zero attached hydrogens (tertiary/aromatic N) is 3. The Morgan fingerprint density at radius 2 is 2.08 bits per heavy atom. The minimum Gasteiger partial charge on any atom is -0.383 e. The van der Waals surface area contributed by atoms with E-state index in [9.17, 15) is 13.2 Å². The average molecular weight is 495 g/mol. The van der Waals surface area contributed by atoms with Crippen LogP contribution in [0.5, 0.6) is 0 Å². The molecular weight excluding hydrogens is 470 g/mol. The summed E-state index contributed by atoms with van der Waals surface area (Å²) < 4.78 is 42.5. The maximum Gasteiger partial charge on any atom is 0.434 e. The molecule has 6 nitrogen and oxygen atoms in total. The largest absolute Gasteiger partial charge is 0.434 e. The number of aromatic nitrogens is 1. The van der Waals surface area contributed by atoms with Crippen LogP contribution in [-0.4, -0.2) is 63.3 Å². The first kappa shape index (κ1) is 24.3. The summed E-state index contributed by atoms with van der Waals surface area (Å²) in [6.07, 6.45) is -3.49. The van der Waals surface area contributed by atoms with E-state index in [2.05, 4.69) is 25.5 Å². The highest BCUT2D eigenvalue weighted by Crippen LogP contribution is 2.29. The molecule has 0 fully saturated rings. The molecule has 0 aliphatic carbocycles. The zero-order chi connectivity index (χ0) is 18.0. The third-order valence-corrected chi connectivity index (χ3v) is 4.01. The number of likely N-dealkylation sites (N-methyl/N-ethyl adjacent to an activating group) is 1. The van der Waals surface area contributed by atoms with Gasteiger partial charge in [0.05, 0.1) is 13.2 Å². The van der Waals surface area contributed by atoms with Crippen molar-refractivity contribution in [1.82, 2.24) is 20.5 Å². The summed E-state index contributed by atoms with van der Waals surface area (Å²) in [5.74, 6) is 0.540. The lowest BCUT2D eigenvalue weighted by Crippen LogP contribution is -2.38. The first-order valence-electron chi connectivity index (χ1n) is 7.50. The second kappa shape index (κ2) is 12.7. The summed E-state index contributed by atoms with van der Waals surface area (Å²) >= 11 is 0.974. The Bertz CT molecular complexity index is 513. The van der Waals surface area contributed by atoms with Crippen LogP contribution in [0.2, 0.25) is 0 Å². The van der Waals surface area contributed by atoms with Crippen molar-refractivity contribution in [3.05, 3.63) is 16.1 Å². The second-order valence-electron chi connectivity index (χ2n) is 5.13. The van der Waals surface area contributed by atoms with Crippen molar-refractivity contribution >= 4 is 41.3 Å². The van der Waals surface area contributed by atoms with Gasteiger partial charge in [-0.2, -0.15) is 13.2 Å². The van der Waals surface area contributed by atoms with Gasteiger partial charge in [0.15, 0.2) is 11.7 Å². The van der Waals surface area contributed by atoms with Gasteiger partial charge in [-0.3, -0.25) is 4.99 Å². The van der Waals surface area contributed by atoms with Gasteiger partial charge < -0.3 is 20.3 Å². The summed E-state index contributed by atoms with van der Waals surface area (Å²) in [4.78, 5) is 9.77. The molecule has 1 aromatic heterocycles. The lowest BCUT2D eigenvalue weighted by atomic mass is 10.4. The van der Waals surface area contributed by atoms with E-state index in [-0.39, 0.29) is 30.5 Å². The summed E-state index contributed by atoms with van der Waals surface area (Å²) in [6, 6.07) is 0. The number of thiazole rings is 1. The van der Waals surface area contributed by atoms with Gasteiger partial charge in [-0.05, 0) is 20.0 Å². The molecule has 0 radical (unpaired) electrons. The Labute approximate surface area is 167 Å². The molecule has 1 aromatic rings. The molecule has 2 N–H and O–H groups in total. The van der Waals surface area contributed by atoms with Gasteiger partial charge in [0, 0.05) is 32.6 Å². The lowest BCUT2D eigenvalue weighted by molar-refractivity contribution is -0.140. The smallest absolute Gasteiger partial charge is 0.383 e. The highest BCUT2D eigenvalue weighted by Gasteiger charge is 2.33. The lowest BCUT2D eigenvalue weighted by Gasteiger charge is -2.16. The number of nitrogens with one attached hydrogen (secondary N) is 2. The molecule has 25 heavy (non-hydrogen) atoms. The number of hydrogen-bond acceptors (Lipinski definition) is 5. The molecule has 1 heterocycles. The molecule has 146 valence electrons. The number of guanidine groups is 1. The van der Waals surface area contributed by atoms with E-state index in [1.807, 2.05) is 7.05 Å². The summed E-state index contributed by atoms with van der Waals surface area (Å²) in [5.41, 5.74) is -0.855. The Morgan fingerprint density at radius 1 is 1.36 bits per heavy atom. The Balaban J connectivity index is 0.00000576. The number of halogens is 4. The van der Waals surface area contributed by atoms with E-state index >= 15 is 0 Å². The fourth-order valence-electron chi connectivity index (χ4n) is 1.82. The van der Waals surface area contributed by atoms with Crippen molar-refractivity contribution in [2.24, 2.45) is 4.99 Å². The molecule has 0 aromatic carbocycles. The van der Waals surface area contributed by atoms with Gasteiger partial charge in [0.2, 0.25) is 0 Å². The van der Waals surface area contributed by atoms with E-state index in [0.717, 1.165) is 36.2 Å². The molecule has 0 atom stereocenters. The van der Waals surface area contributed by atoms with E-state index < -0.39 is 11.9 Å². The van der Waals surface area contributed by atoms with Crippen LogP contribution in [0, 0.1) is 0 Å². The fraction of sp³-hybridized carbons (Fsp3) is 0.714. The average Bonchev–Trinajstić information content (AvgIpc) is 3.01. The number of methoxy groups -OCH3 is 1. The van der Waals surface area contributed by atoms with Gasteiger partial charge >= 0.3 is 6.18 Å². The molecule has 0 bridgehead atoms. The molecule has 11 heteroatoms. The molecule has 0 saturated carbocycles. The minimum absolute atomic E-state index is 0. The van der Waals surface area contributed by atoms with Crippen molar-refractivity contribution in [3.8, 4) is 0 Å². The number of alkyl halides is 3. The van der Waals surface area contributed by atoms with Gasteiger partial charge in [0.1, 0.15) is 5.01 Å². The number of ether oxygens (including phenoxy) is 1. The standard InChI is InChI=1S/C14H24F3N5OS.HI/c1-18-13(19-5-4-6-22(2)7-8-23-3)20-9-12-21-11(10-24-12)14(15,16)17;/h10H,4-9H2,1-3H3,(H2,18,19,20);1H. The number of hydrogen-bond donors (Lipinski definition) is 2. The molecule has 0 aliphatic heterocycles. The van der Waals surface area contributed by atoms with Crippen LogP contribution < -0.4 is 10.6 Å². The second-order valence-corrected chi connectivity index (χ2v) is 6.07. The van der Waals surface area contributed by atoms with Crippen molar-refractivity contribution in [2.45, 2.75) is 19.1 Å². The third kappa shape index (κ3) is 10.2. The van der Waals surface area contributed by atoms with Crippen molar-refractivity contribution in [3.63, 3.8) is 0 Å². The SMILES string of the molecule is CN=C(NCCCN(C)CCOC)NCc1nc(C(F)(F)F)cs1.I. The van der Waals surface area contributed by atoms with Crippen LogP contribution in [-0.2, 0) is 17.5 Å². The van der Waals surface area contributed by atoms with E-state index in [0.29, 0.717) is 24.1 Å². The summed E-state index contributed by atoms with van der Waals surface area (Å²) in [7, 11) is 5.31. The van der Waals surface area contributed by atoms with Crippen LogP contribution >= 0.6 is 35.3 Å². The van der Waals surface area contributed by atoms with Crippen LogP contribution in [0.4, 0.5) is 13.2 Å². The molecule has 0 amide bonds. The predicted molar refractivity (Wildman–Crippen MR) is 105 cm³/mol. The third-order valence-electron chi connectivity index (χ3n) is 3.16. The maximum absolute atomic E-state index is 12.5. The molecule has 1 rings (SSSR count). The molecular formula is C14H25F3IN5OS. The monoisotopic (exact) mass is 495 g/mol. The number of rotatable bonds is 9.